The van der Waals surface area contributed by atoms with Crippen LogP contribution in [0.5, 0.6) is 0 Å². The van der Waals surface area contributed by atoms with Crippen LogP contribution in [0, 0.1) is 0 Å². The summed E-state index contributed by atoms with van der Waals surface area (Å²) in [5.74, 6) is 0. The van der Waals surface area contributed by atoms with Crippen molar-refractivity contribution in [3.8, 4) is 0 Å². The molecular weight excluding hydrogens is 202 g/mol. The highest BCUT2D eigenvalue weighted by Crippen LogP contribution is 2.17. The van der Waals surface area contributed by atoms with Crippen molar-refractivity contribution < 1.29 is 4.79 Å². The molecule has 0 saturated heterocycles. The fraction of sp³-hybridized carbons (Fsp3) is 0.222. The van der Waals surface area contributed by atoms with Crippen LogP contribution in [0.2, 0.25) is 0 Å². The number of halogens is 1. The fourth-order valence-corrected chi connectivity index (χ4v) is 1.13. The standard InChI is InChI=1S/C9H13N3O.ClH/c1-12(9(11)13)8-5-3-2-4-7(8)6-10;/h2-5H,6,10H2,1H3,(H2,11,13);1H. The normalized spacial score (nSPS) is 9.00. The van der Waals surface area contributed by atoms with Gasteiger partial charge in [0.1, 0.15) is 0 Å². The number of para-hydroxylation sites is 1. The topological polar surface area (TPSA) is 72.3 Å². The SMILES string of the molecule is CN(C(N)=O)c1ccccc1CN.Cl. The zero-order valence-corrected chi connectivity index (χ0v) is 8.75. The van der Waals surface area contributed by atoms with Gasteiger partial charge >= 0.3 is 6.03 Å². The van der Waals surface area contributed by atoms with E-state index < -0.39 is 6.03 Å². The molecule has 1 rings (SSSR count). The number of amides is 2. The number of benzene rings is 1. The molecule has 0 fully saturated rings. The van der Waals surface area contributed by atoms with E-state index in [4.69, 9.17) is 11.5 Å². The van der Waals surface area contributed by atoms with Gasteiger partial charge in [0, 0.05) is 19.3 Å². The largest absolute Gasteiger partial charge is 0.351 e. The third kappa shape index (κ3) is 2.61. The smallest absolute Gasteiger partial charge is 0.319 e. The molecule has 0 aliphatic heterocycles. The molecule has 4 N–H and O–H groups in total. The predicted molar refractivity (Wildman–Crippen MR) is 59.6 cm³/mol. The summed E-state index contributed by atoms with van der Waals surface area (Å²) >= 11 is 0. The average molecular weight is 216 g/mol. The molecule has 78 valence electrons. The van der Waals surface area contributed by atoms with Gasteiger partial charge in [-0.3, -0.25) is 4.90 Å². The first-order valence-electron chi connectivity index (χ1n) is 3.98. The highest BCUT2D eigenvalue weighted by atomic mass is 35.5. The molecule has 0 radical (unpaired) electrons. The molecule has 4 nitrogen and oxygen atoms in total. The third-order valence-electron chi connectivity index (χ3n) is 1.90. The Hall–Kier alpha value is -1.26. The zero-order valence-electron chi connectivity index (χ0n) is 7.93. The number of rotatable bonds is 2. The van der Waals surface area contributed by atoms with E-state index in [-0.39, 0.29) is 12.4 Å². The van der Waals surface area contributed by atoms with E-state index in [1.54, 1.807) is 7.05 Å². The predicted octanol–water partition coefficient (Wildman–Crippen LogP) is 1.08. The molecule has 0 saturated carbocycles. The van der Waals surface area contributed by atoms with Crippen LogP contribution >= 0.6 is 12.4 Å². The fourth-order valence-electron chi connectivity index (χ4n) is 1.13. The minimum absolute atomic E-state index is 0. The lowest BCUT2D eigenvalue weighted by Gasteiger charge is -2.17. The second-order valence-corrected chi connectivity index (χ2v) is 2.73. The Morgan fingerprint density at radius 1 is 1.43 bits per heavy atom. The lowest BCUT2D eigenvalue weighted by molar-refractivity contribution is 0.255. The Labute approximate surface area is 89.3 Å². The number of primary amides is 1. The number of nitrogens with zero attached hydrogens (tertiary/aromatic N) is 1. The number of hydrogen-bond donors (Lipinski definition) is 2. The number of urea groups is 1. The van der Waals surface area contributed by atoms with Gasteiger partial charge in [0.25, 0.3) is 0 Å². The molecule has 0 aliphatic carbocycles. The van der Waals surface area contributed by atoms with Crippen LogP contribution in [0.3, 0.4) is 0 Å². The summed E-state index contributed by atoms with van der Waals surface area (Å²) in [6.07, 6.45) is 0. The molecule has 0 spiro atoms. The summed E-state index contributed by atoms with van der Waals surface area (Å²) in [6.45, 7) is 0.397. The number of carbonyl (C=O) groups is 1. The van der Waals surface area contributed by atoms with Gasteiger partial charge in [-0.15, -0.1) is 12.4 Å². The van der Waals surface area contributed by atoms with Crippen LogP contribution in [0.4, 0.5) is 10.5 Å². The Kier molecular flexibility index (Phi) is 4.97. The monoisotopic (exact) mass is 215 g/mol. The van der Waals surface area contributed by atoms with Gasteiger partial charge in [-0.05, 0) is 11.6 Å². The maximum absolute atomic E-state index is 10.9. The molecule has 0 heterocycles. The van der Waals surface area contributed by atoms with Gasteiger partial charge in [-0.2, -0.15) is 0 Å². The van der Waals surface area contributed by atoms with Crippen molar-refractivity contribution in [2.24, 2.45) is 11.5 Å². The van der Waals surface area contributed by atoms with Gasteiger partial charge in [0.2, 0.25) is 0 Å². The Balaban J connectivity index is 0.00000169. The van der Waals surface area contributed by atoms with Crippen LogP contribution in [-0.2, 0) is 6.54 Å². The molecular formula is C9H14ClN3O. The lowest BCUT2D eigenvalue weighted by atomic mass is 10.1. The molecule has 5 heteroatoms. The second kappa shape index (κ2) is 5.47. The quantitative estimate of drug-likeness (QED) is 0.775. The first kappa shape index (κ1) is 12.7. The van der Waals surface area contributed by atoms with Gasteiger partial charge in [0.05, 0.1) is 0 Å². The number of carbonyl (C=O) groups excluding carboxylic acids is 1. The van der Waals surface area contributed by atoms with Crippen LogP contribution in [0.15, 0.2) is 24.3 Å². The summed E-state index contributed by atoms with van der Waals surface area (Å²) < 4.78 is 0. The van der Waals surface area contributed by atoms with Crippen LogP contribution in [0.1, 0.15) is 5.56 Å². The summed E-state index contributed by atoms with van der Waals surface area (Å²) in [4.78, 5) is 12.3. The zero-order chi connectivity index (χ0) is 9.84. The Morgan fingerprint density at radius 3 is 2.50 bits per heavy atom. The van der Waals surface area contributed by atoms with Gasteiger partial charge in [-0.25, -0.2) is 4.79 Å². The lowest BCUT2D eigenvalue weighted by Crippen LogP contribution is -2.32. The van der Waals surface area contributed by atoms with Crippen molar-refractivity contribution in [2.75, 3.05) is 11.9 Å². The van der Waals surface area contributed by atoms with Crippen molar-refractivity contribution >= 4 is 24.1 Å². The van der Waals surface area contributed by atoms with Crippen molar-refractivity contribution in [3.05, 3.63) is 29.8 Å². The van der Waals surface area contributed by atoms with Crippen LogP contribution in [0.25, 0.3) is 0 Å². The molecule has 1 aromatic rings. The summed E-state index contributed by atoms with van der Waals surface area (Å²) in [7, 11) is 1.62. The Bertz CT molecular complexity index is 317. The molecule has 0 aromatic heterocycles. The number of anilines is 1. The van der Waals surface area contributed by atoms with Crippen molar-refractivity contribution in [1.82, 2.24) is 0 Å². The third-order valence-corrected chi connectivity index (χ3v) is 1.90. The minimum Gasteiger partial charge on any atom is -0.351 e. The highest BCUT2D eigenvalue weighted by Gasteiger charge is 2.08. The van der Waals surface area contributed by atoms with Crippen LogP contribution in [-0.4, -0.2) is 13.1 Å². The van der Waals surface area contributed by atoms with Crippen molar-refractivity contribution in [1.29, 1.82) is 0 Å². The average Bonchev–Trinajstić information content (AvgIpc) is 2.16. The van der Waals surface area contributed by atoms with E-state index in [1.165, 1.54) is 4.90 Å². The van der Waals surface area contributed by atoms with E-state index in [0.717, 1.165) is 11.3 Å². The molecule has 2 amide bonds. The molecule has 0 atom stereocenters. The minimum atomic E-state index is -0.485. The van der Waals surface area contributed by atoms with Gasteiger partial charge in [-0.1, -0.05) is 18.2 Å². The molecule has 0 bridgehead atoms. The van der Waals surface area contributed by atoms with Crippen LogP contribution < -0.4 is 16.4 Å². The van der Waals surface area contributed by atoms with E-state index in [2.05, 4.69) is 0 Å². The number of hydrogen-bond acceptors (Lipinski definition) is 2. The van der Waals surface area contributed by atoms with Crippen molar-refractivity contribution in [2.45, 2.75) is 6.54 Å². The first-order chi connectivity index (χ1) is 6.16. The maximum Gasteiger partial charge on any atom is 0.319 e. The van der Waals surface area contributed by atoms with E-state index in [1.807, 2.05) is 24.3 Å². The van der Waals surface area contributed by atoms with Gasteiger partial charge < -0.3 is 11.5 Å². The van der Waals surface area contributed by atoms with E-state index in [0.29, 0.717) is 6.54 Å². The van der Waals surface area contributed by atoms with Gasteiger partial charge in [0.15, 0.2) is 0 Å². The summed E-state index contributed by atoms with van der Waals surface area (Å²) in [5.41, 5.74) is 12.3. The second-order valence-electron chi connectivity index (χ2n) is 2.73. The van der Waals surface area contributed by atoms with Crippen molar-refractivity contribution in [3.63, 3.8) is 0 Å². The summed E-state index contributed by atoms with van der Waals surface area (Å²) in [5, 5.41) is 0. The molecule has 1 aromatic carbocycles. The molecule has 0 aliphatic rings. The molecule has 0 unspecified atom stereocenters. The Morgan fingerprint density at radius 2 is 2.00 bits per heavy atom. The van der Waals surface area contributed by atoms with E-state index >= 15 is 0 Å². The summed E-state index contributed by atoms with van der Waals surface area (Å²) in [6, 6.07) is 6.91. The highest BCUT2D eigenvalue weighted by molar-refractivity contribution is 5.90. The maximum atomic E-state index is 10.9. The van der Waals surface area contributed by atoms with E-state index in [9.17, 15) is 4.79 Å². The molecule has 14 heavy (non-hydrogen) atoms. The first-order valence-corrected chi connectivity index (χ1v) is 3.98. The number of nitrogens with two attached hydrogens (primary N) is 2.